The van der Waals surface area contributed by atoms with Crippen molar-refractivity contribution in [2.75, 3.05) is 40.0 Å². The molecule has 0 amide bonds. The van der Waals surface area contributed by atoms with E-state index in [1.807, 2.05) is 6.92 Å². The van der Waals surface area contributed by atoms with Gasteiger partial charge < -0.3 is 14.8 Å². The Labute approximate surface area is 132 Å². The van der Waals surface area contributed by atoms with E-state index in [4.69, 9.17) is 9.47 Å². The fraction of sp³-hybridized carbons (Fsp3) is 0.538. The molecule has 0 aliphatic heterocycles. The molecule has 0 aliphatic rings. The van der Waals surface area contributed by atoms with Gasteiger partial charge in [0.2, 0.25) is 10.0 Å². The van der Waals surface area contributed by atoms with Crippen LogP contribution in [-0.2, 0) is 14.8 Å². The maximum Gasteiger partial charge on any atom is 0.240 e. The molecule has 8 heteroatoms. The Morgan fingerprint density at radius 2 is 1.95 bits per heavy atom. The van der Waals surface area contributed by atoms with Crippen LogP contribution in [0.2, 0.25) is 0 Å². The minimum atomic E-state index is -3.50. The monoisotopic (exact) mass is 338 g/mol. The Hall–Kier alpha value is -0.860. The van der Waals surface area contributed by atoms with Gasteiger partial charge in [-0.15, -0.1) is 12.4 Å². The third-order valence-corrected chi connectivity index (χ3v) is 3.96. The van der Waals surface area contributed by atoms with Gasteiger partial charge in [-0.3, -0.25) is 0 Å². The zero-order valence-electron chi connectivity index (χ0n) is 12.3. The predicted octanol–water partition coefficient (Wildman–Crippen LogP) is 1.02. The van der Waals surface area contributed by atoms with Crippen LogP contribution in [0.25, 0.3) is 0 Å². The van der Waals surface area contributed by atoms with Crippen molar-refractivity contribution < 1.29 is 17.9 Å². The van der Waals surface area contributed by atoms with E-state index in [0.29, 0.717) is 38.6 Å². The van der Waals surface area contributed by atoms with Crippen LogP contribution in [0.5, 0.6) is 5.75 Å². The number of methoxy groups -OCH3 is 1. The highest BCUT2D eigenvalue weighted by atomic mass is 35.5. The lowest BCUT2D eigenvalue weighted by Crippen LogP contribution is -2.33. The van der Waals surface area contributed by atoms with Crippen LogP contribution in [-0.4, -0.2) is 48.4 Å². The second-order valence-corrected chi connectivity index (χ2v) is 5.82. The van der Waals surface area contributed by atoms with Gasteiger partial charge in [0.05, 0.1) is 18.1 Å². The second kappa shape index (κ2) is 10.8. The minimum Gasteiger partial charge on any atom is -0.494 e. The van der Waals surface area contributed by atoms with Crippen molar-refractivity contribution in [2.45, 2.75) is 11.8 Å². The molecule has 1 aromatic rings. The molecular weight excluding hydrogens is 316 g/mol. The van der Waals surface area contributed by atoms with Gasteiger partial charge in [-0.05, 0) is 19.1 Å². The number of halogens is 1. The van der Waals surface area contributed by atoms with Gasteiger partial charge in [0.1, 0.15) is 5.75 Å². The van der Waals surface area contributed by atoms with Crippen molar-refractivity contribution in [2.24, 2.45) is 0 Å². The zero-order chi connectivity index (χ0) is 14.8. The molecule has 2 N–H and O–H groups in total. The Morgan fingerprint density at radius 3 is 2.62 bits per heavy atom. The number of nitrogens with one attached hydrogen (secondary N) is 2. The summed E-state index contributed by atoms with van der Waals surface area (Å²) in [5, 5.41) is 3.07. The first-order valence-electron chi connectivity index (χ1n) is 6.52. The summed E-state index contributed by atoms with van der Waals surface area (Å²) in [5.74, 6) is 0.550. The van der Waals surface area contributed by atoms with Crippen LogP contribution in [0.4, 0.5) is 0 Å². The summed E-state index contributed by atoms with van der Waals surface area (Å²) >= 11 is 0. The molecule has 0 saturated carbocycles. The van der Waals surface area contributed by atoms with Crippen LogP contribution < -0.4 is 14.8 Å². The average Bonchev–Trinajstić information content (AvgIpc) is 2.43. The van der Waals surface area contributed by atoms with Crippen molar-refractivity contribution >= 4 is 22.4 Å². The highest BCUT2D eigenvalue weighted by Gasteiger charge is 2.13. The van der Waals surface area contributed by atoms with Gasteiger partial charge in [-0.1, -0.05) is 6.07 Å². The van der Waals surface area contributed by atoms with Crippen molar-refractivity contribution in [3.05, 3.63) is 24.3 Å². The van der Waals surface area contributed by atoms with Gasteiger partial charge >= 0.3 is 0 Å². The molecule has 0 fully saturated rings. The lowest BCUT2D eigenvalue weighted by molar-refractivity contribution is 0.199. The highest BCUT2D eigenvalue weighted by molar-refractivity contribution is 7.89. The van der Waals surface area contributed by atoms with Crippen molar-refractivity contribution in [3.8, 4) is 5.75 Å². The molecule has 0 radical (unpaired) electrons. The first-order chi connectivity index (χ1) is 9.60. The van der Waals surface area contributed by atoms with E-state index in [1.54, 1.807) is 25.3 Å². The topological polar surface area (TPSA) is 76.7 Å². The number of hydrogen-bond acceptors (Lipinski definition) is 5. The summed E-state index contributed by atoms with van der Waals surface area (Å²) in [4.78, 5) is 0.209. The van der Waals surface area contributed by atoms with Crippen LogP contribution in [0.15, 0.2) is 29.2 Å². The van der Waals surface area contributed by atoms with Crippen LogP contribution in [0, 0.1) is 0 Å². The molecule has 0 aromatic heterocycles. The Morgan fingerprint density at radius 1 is 1.19 bits per heavy atom. The first kappa shape index (κ1) is 20.1. The summed E-state index contributed by atoms with van der Waals surface area (Å²) in [7, 11) is -1.87. The standard InChI is InChI=1S/C13H22N2O4S.ClH/c1-3-19-12-5-4-6-13(11-12)20(16,17)15-8-7-14-9-10-18-2;/h4-6,11,14-15H,3,7-10H2,1-2H3;1H. The maximum absolute atomic E-state index is 12.1. The SMILES string of the molecule is CCOc1cccc(S(=O)(=O)NCCNCCOC)c1.Cl. The number of sulfonamides is 1. The summed E-state index contributed by atoms with van der Waals surface area (Å²) in [6.07, 6.45) is 0. The quantitative estimate of drug-likeness (QED) is 0.623. The average molecular weight is 339 g/mol. The van der Waals surface area contributed by atoms with Crippen LogP contribution >= 0.6 is 12.4 Å². The molecule has 0 unspecified atom stereocenters. The fourth-order valence-corrected chi connectivity index (χ4v) is 2.62. The van der Waals surface area contributed by atoms with Gasteiger partial charge in [-0.25, -0.2) is 13.1 Å². The molecular formula is C13H23ClN2O4S. The van der Waals surface area contributed by atoms with E-state index in [9.17, 15) is 8.42 Å². The minimum absolute atomic E-state index is 0. The van der Waals surface area contributed by atoms with Crippen LogP contribution in [0.3, 0.4) is 0 Å². The smallest absolute Gasteiger partial charge is 0.240 e. The molecule has 122 valence electrons. The van der Waals surface area contributed by atoms with Crippen molar-refractivity contribution in [1.29, 1.82) is 0 Å². The van der Waals surface area contributed by atoms with E-state index in [1.165, 1.54) is 6.07 Å². The molecule has 6 nitrogen and oxygen atoms in total. The summed E-state index contributed by atoms with van der Waals surface area (Å²) in [6.45, 7) is 4.52. The Bertz CT molecular complexity index is 497. The lowest BCUT2D eigenvalue weighted by atomic mass is 10.3. The van der Waals surface area contributed by atoms with Gasteiger partial charge in [0.25, 0.3) is 0 Å². The Balaban J connectivity index is 0.00000400. The third kappa shape index (κ3) is 7.63. The normalized spacial score (nSPS) is 11.0. The molecule has 0 spiro atoms. The number of ether oxygens (including phenoxy) is 2. The maximum atomic E-state index is 12.1. The molecule has 1 rings (SSSR count). The predicted molar refractivity (Wildman–Crippen MR) is 84.8 cm³/mol. The third-order valence-electron chi connectivity index (χ3n) is 2.50. The summed E-state index contributed by atoms with van der Waals surface area (Å²) in [5.41, 5.74) is 0. The van der Waals surface area contributed by atoms with E-state index in [-0.39, 0.29) is 17.3 Å². The molecule has 0 atom stereocenters. The van der Waals surface area contributed by atoms with Gasteiger partial charge in [-0.2, -0.15) is 0 Å². The van der Waals surface area contributed by atoms with Gasteiger partial charge in [0.15, 0.2) is 0 Å². The first-order valence-corrected chi connectivity index (χ1v) is 8.00. The fourth-order valence-electron chi connectivity index (χ4n) is 1.55. The van der Waals surface area contributed by atoms with E-state index in [2.05, 4.69) is 10.0 Å². The van der Waals surface area contributed by atoms with E-state index in [0.717, 1.165) is 0 Å². The largest absolute Gasteiger partial charge is 0.494 e. The molecule has 0 saturated heterocycles. The number of benzene rings is 1. The van der Waals surface area contributed by atoms with Crippen molar-refractivity contribution in [3.63, 3.8) is 0 Å². The molecule has 1 aromatic carbocycles. The molecule has 0 heterocycles. The molecule has 21 heavy (non-hydrogen) atoms. The summed E-state index contributed by atoms with van der Waals surface area (Å²) in [6, 6.07) is 6.46. The van der Waals surface area contributed by atoms with Crippen molar-refractivity contribution in [1.82, 2.24) is 10.0 Å². The molecule has 0 bridgehead atoms. The molecule has 0 aliphatic carbocycles. The van der Waals surface area contributed by atoms with E-state index < -0.39 is 10.0 Å². The second-order valence-electron chi connectivity index (χ2n) is 4.05. The highest BCUT2D eigenvalue weighted by Crippen LogP contribution is 2.17. The number of hydrogen-bond donors (Lipinski definition) is 2. The van der Waals surface area contributed by atoms with E-state index >= 15 is 0 Å². The van der Waals surface area contributed by atoms with Gasteiger partial charge in [0, 0.05) is 32.8 Å². The lowest BCUT2D eigenvalue weighted by Gasteiger charge is -2.09. The summed E-state index contributed by atoms with van der Waals surface area (Å²) < 4.78 is 36.8. The number of rotatable bonds is 10. The van der Waals surface area contributed by atoms with Crippen LogP contribution in [0.1, 0.15) is 6.92 Å². The zero-order valence-corrected chi connectivity index (χ0v) is 13.9. The Kier molecular flexibility index (Phi) is 10.4.